The summed E-state index contributed by atoms with van der Waals surface area (Å²) in [7, 11) is 0. The molecule has 5 heteroatoms. The third kappa shape index (κ3) is 2.95. The van der Waals surface area contributed by atoms with Gasteiger partial charge < -0.3 is 19.5 Å². The van der Waals surface area contributed by atoms with Crippen molar-refractivity contribution in [3.63, 3.8) is 0 Å². The van der Waals surface area contributed by atoms with Crippen LogP contribution in [0.2, 0.25) is 0 Å². The van der Waals surface area contributed by atoms with Gasteiger partial charge in [0, 0.05) is 0 Å². The number of nitrogens with zero attached hydrogens (tertiary/aromatic N) is 1. The van der Waals surface area contributed by atoms with Crippen molar-refractivity contribution in [3.05, 3.63) is 0 Å². The highest BCUT2D eigenvalue weighted by molar-refractivity contribution is 5.69. The minimum atomic E-state index is -0.457. The number of amides is 1. The van der Waals surface area contributed by atoms with Crippen molar-refractivity contribution in [2.24, 2.45) is 0 Å². The molecule has 2 saturated heterocycles. The lowest BCUT2D eigenvalue weighted by Crippen LogP contribution is -2.67. The van der Waals surface area contributed by atoms with E-state index in [1.807, 2.05) is 20.8 Å². The first-order valence-corrected chi connectivity index (χ1v) is 6.60. The molecule has 0 radical (unpaired) electrons. The van der Waals surface area contributed by atoms with Crippen LogP contribution in [-0.2, 0) is 9.47 Å². The van der Waals surface area contributed by atoms with Crippen molar-refractivity contribution in [1.82, 2.24) is 4.90 Å². The van der Waals surface area contributed by atoms with Gasteiger partial charge in [0.25, 0.3) is 0 Å². The molecule has 1 N–H and O–H groups in total. The molecular formula is C13H23NO4. The maximum atomic E-state index is 11.8. The molecule has 0 bridgehead atoms. The number of aliphatic hydroxyl groups is 1. The summed E-state index contributed by atoms with van der Waals surface area (Å²) in [4.78, 5) is 13.5. The van der Waals surface area contributed by atoms with E-state index in [9.17, 15) is 4.79 Å². The van der Waals surface area contributed by atoms with Gasteiger partial charge in [-0.25, -0.2) is 4.79 Å². The van der Waals surface area contributed by atoms with Gasteiger partial charge in [0.2, 0.25) is 0 Å². The number of rotatable bonds is 1. The maximum Gasteiger partial charge on any atom is 0.410 e. The average Bonchev–Trinajstić information content (AvgIpc) is 2.23. The summed E-state index contributed by atoms with van der Waals surface area (Å²) < 4.78 is 11.2. The Labute approximate surface area is 108 Å². The van der Waals surface area contributed by atoms with Crippen molar-refractivity contribution in [3.8, 4) is 0 Å². The van der Waals surface area contributed by atoms with Gasteiger partial charge >= 0.3 is 6.09 Å². The fraction of sp³-hybridized carbons (Fsp3) is 0.923. The van der Waals surface area contributed by atoms with Crippen LogP contribution >= 0.6 is 0 Å². The first kappa shape index (κ1) is 13.6. The average molecular weight is 257 g/mol. The van der Waals surface area contributed by atoms with E-state index in [1.54, 1.807) is 4.90 Å². The molecule has 104 valence electrons. The second-order valence-corrected chi connectivity index (χ2v) is 6.33. The standard InChI is InChI=1S/C13H23NO4/c1-12(2,3)18-11(16)14-8-13(9-14)6-4-5-10(7-15)17-13/h10,15H,4-9H2,1-3H3. The minimum Gasteiger partial charge on any atom is -0.444 e. The summed E-state index contributed by atoms with van der Waals surface area (Å²) in [6.45, 7) is 6.81. The van der Waals surface area contributed by atoms with Gasteiger partial charge in [-0.2, -0.15) is 0 Å². The molecule has 2 fully saturated rings. The fourth-order valence-corrected chi connectivity index (χ4v) is 2.59. The lowest BCUT2D eigenvalue weighted by molar-refractivity contribution is -0.200. The summed E-state index contributed by atoms with van der Waals surface area (Å²) in [5.41, 5.74) is -0.691. The van der Waals surface area contributed by atoms with Crippen molar-refractivity contribution >= 4 is 6.09 Å². The zero-order valence-electron chi connectivity index (χ0n) is 11.4. The zero-order valence-corrected chi connectivity index (χ0v) is 11.4. The van der Waals surface area contributed by atoms with Gasteiger partial charge in [-0.05, 0) is 40.0 Å². The number of ether oxygens (including phenoxy) is 2. The predicted octanol–water partition coefficient (Wildman–Crippen LogP) is 1.54. The third-order valence-electron chi connectivity index (χ3n) is 3.39. The summed E-state index contributed by atoms with van der Waals surface area (Å²) in [6, 6.07) is 0. The number of likely N-dealkylation sites (tertiary alicyclic amines) is 1. The molecule has 5 nitrogen and oxygen atoms in total. The second kappa shape index (κ2) is 4.70. The van der Waals surface area contributed by atoms with Crippen LogP contribution in [0.15, 0.2) is 0 Å². The fourth-order valence-electron chi connectivity index (χ4n) is 2.59. The monoisotopic (exact) mass is 257 g/mol. The van der Waals surface area contributed by atoms with Crippen LogP contribution < -0.4 is 0 Å². The van der Waals surface area contributed by atoms with Crippen molar-refractivity contribution in [1.29, 1.82) is 0 Å². The lowest BCUT2D eigenvalue weighted by atomic mass is 9.85. The Hall–Kier alpha value is -0.810. The van der Waals surface area contributed by atoms with Crippen LogP contribution in [0.4, 0.5) is 4.79 Å². The molecule has 2 heterocycles. The van der Waals surface area contributed by atoms with Crippen molar-refractivity contribution in [2.75, 3.05) is 19.7 Å². The van der Waals surface area contributed by atoms with Crippen molar-refractivity contribution < 1.29 is 19.4 Å². The highest BCUT2D eigenvalue weighted by Gasteiger charge is 2.49. The second-order valence-electron chi connectivity index (χ2n) is 6.33. The van der Waals surface area contributed by atoms with Crippen LogP contribution in [0, 0.1) is 0 Å². The summed E-state index contributed by atoms with van der Waals surface area (Å²) >= 11 is 0. The van der Waals surface area contributed by atoms with Crippen LogP contribution in [-0.4, -0.2) is 53.1 Å². The van der Waals surface area contributed by atoms with Gasteiger partial charge in [-0.3, -0.25) is 0 Å². The zero-order chi connectivity index (χ0) is 13.4. The third-order valence-corrected chi connectivity index (χ3v) is 3.39. The van der Waals surface area contributed by atoms with Gasteiger partial charge in [-0.15, -0.1) is 0 Å². The van der Waals surface area contributed by atoms with E-state index < -0.39 is 5.60 Å². The van der Waals surface area contributed by atoms with E-state index in [0.29, 0.717) is 13.1 Å². The number of hydrogen-bond acceptors (Lipinski definition) is 4. The molecule has 18 heavy (non-hydrogen) atoms. The van der Waals surface area contributed by atoms with Gasteiger partial charge in [0.05, 0.1) is 25.8 Å². The molecule has 1 spiro atoms. The lowest BCUT2D eigenvalue weighted by Gasteiger charge is -2.52. The number of hydrogen-bond donors (Lipinski definition) is 1. The van der Waals surface area contributed by atoms with E-state index in [4.69, 9.17) is 14.6 Å². The van der Waals surface area contributed by atoms with Crippen LogP contribution in [0.5, 0.6) is 0 Å². The Morgan fingerprint density at radius 1 is 1.50 bits per heavy atom. The molecule has 0 aromatic heterocycles. The number of carbonyl (C=O) groups excluding carboxylic acids is 1. The maximum absolute atomic E-state index is 11.8. The molecule has 1 atom stereocenters. The van der Waals surface area contributed by atoms with Crippen molar-refractivity contribution in [2.45, 2.75) is 57.3 Å². The van der Waals surface area contributed by atoms with Crippen LogP contribution in [0.3, 0.4) is 0 Å². The SMILES string of the molecule is CC(C)(C)OC(=O)N1CC2(CCCC(CO)O2)C1. The highest BCUT2D eigenvalue weighted by atomic mass is 16.6. The molecule has 2 aliphatic rings. The Morgan fingerprint density at radius 2 is 2.17 bits per heavy atom. The predicted molar refractivity (Wildman–Crippen MR) is 66.3 cm³/mol. The summed E-state index contributed by atoms with van der Waals surface area (Å²) in [5, 5.41) is 9.14. The topological polar surface area (TPSA) is 59.0 Å². The molecular weight excluding hydrogens is 234 g/mol. The Balaban J connectivity index is 1.84. The van der Waals surface area contributed by atoms with Crippen LogP contribution in [0.25, 0.3) is 0 Å². The number of carbonyl (C=O) groups is 1. The number of aliphatic hydroxyl groups excluding tert-OH is 1. The summed E-state index contributed by atoms with van der Waals surface area (Å²) in [6.07, 6.45) is 2.57. The molecule has 0 saturated carbocycles. The Morgan fingerprint density at radius 3 is 2.72 bits per heavy atom. The van der Waals surface area contributed by atoms with E-state index >= 15 is 0 Å². The Kier molecular flexibility index (Phi) is 3.56. The largest absolute Gasteiger partial charge is 0.444 e. The van der Waals surface area contributed by atoms with E-state index in [1.165, 1.54) is 0 Å². The van der Waals surface area contributed by atoms with Gasteiger partial charge in [0.1, 0.15) is 11.2 Å². The molecule has 2 rings (SSSR count). The first-order chi connectivity index (χ1) is 8.34. The van der Waals surface area contributed by atoms with Crippen LogP contribution in [0.1, 0.15) is 40.0 Å². The minimum absolute atomic E-state index is 0.0637. The molecule has 0 aromatic carbocycles. The molecule has 0 aromatic rings. The van der Waals surface area contributed by atoms with Gasteiger partial charge in [0.15, 0.2) is 0 Å². The van der Waals surface area contributed by atoms with E-state index in [0.717, 1.165) is 19.3 Å². The highest BCUT2D eigenvalue weighted by Crippen LogP contribution is 2.37. The first-order valence-electron chi connectivity index (χ1n) is 6.60. The summed E-state index contributed by atoms with van der Waals surface area (Å²) in [5.74, 6) is 0. The molecule has 2 aliphatic heterocycles. The Bertz CT molecular complexity index is 317. The normalized spacial score (nSPS) is 26.9. The molecule has 0 aliphatic carbocycles. The molecule has 1 unspecified atom stereocenters. The van der Waals surface area contributed by atoms with Gasteiger partial charge in [-0.1, -0.05) is 0 Å². The quantitative estimate of drug-likeness (QED) is 0.774. The van der Waals surface area contributed by atoms with E-state index in [-0.39, 0.29) is 24.4 Å². The molecule has 1 amide bonds. The smallest absolute Gasteiger partial charge is 0.410 e. The van der Waals surface area contributed by atoms with E-state index in [2.05, 4.69) is 0 Å².